The predicted octanol–water partition coefficient (Wildman–Crippen LogP) is 3.73. The Bertz CT molecular complexity index is 858. The lowest BCUT2D eigenvalue weighted by atomic mass is 10.0. The van der Waals surface area contributed by atoms with Gasteiger partial charge in [0, 0.05) is 18.6 Å². The topological polar surface area (TPSA) is 64.2 Å². The summed E-state index contributed by atoms with van der Waals surface area (Å²) in [5.41, 5.74) is 0.792. The van der Waals surface area contributed by atoms with Gasteiger partial charge in [-0.2, -0.15) is 11.8 Å². The third-order valence-electron chi connectivity index (χ3n) is 4.56. The lowest BCUT2D eigenvalue weighted by Crippen LogP contribution is -2.36. The van der Waals surface area contributed by atoms with Gasteiger partial charge < -0.3 is 9.88 Å². The molecule has 0 aliphatic heterocycles. The minimum Gasteiger partial charge on any atom is -0.344 e. The van der Waals surface area contributed by atoms with E-state index in [1.165, 1.54) is 0 Å². The van der Waals surface area contributed by atoms with E-state index in [9.17, 15) is 4.79 Å². The van der Waals surface area contributed by atoms with Crippen molar-refractivity contribution in [2.24, 2.45) is 5.92 Å². The minimum atomic E-state index is -0.221. The van der Waals surface area contributed by atoms with E-state index in [-0.39, 0.29) is 18.0 Å². The van der Waals surface area contributed by atoms with Crippen molar-refractivity contribution in [2.45, 2.75) is 38.8 Å². The van der Waals surface area contributed by atoms with E-state index in [0.717, 1.165) is 30.1 Å². The first kappa shape index (κ1) is 19.5. The van der Waals surface area contributed by atoms with Gasteiger partial charge in [-0.05, 0) is 55.0 Å². The van der Waals surface area contributed by atoms with Crippen molar-refractivity contribution in [1.82, 2.24) is 24.5 Å². The van der Waals surface area contributed by atoms with Gasteiger partial charge in [0.25, 0.3) is 0 Å². The molecule has 0 unspecified atom stereocenters. The number of nitrogens with one attached hydrogen (secondary N) is 1. The van der Waals surface area contributed by atoms with E-state index < -0.39 is 0 Å². The number of carbonyl (C=O) groups excluding carboxylic acids is 1. The minimum absolute atomic E-state index is 0.0265. The second-order valence-electron chi connectivity index (χ2n) is 7.11. The highest BCUT2D eigenvalue weighted by Gasteiger charge is 2.26. The summed E-state index contributed by atoms with van der Waals surface area (Å²) >= 11 is 1.75. The molecule has 0 radical (unpaired) electrons. The van der Waals surface area contributed by atoms with E-state index in [2.05, 4.69) is 35.6 Å². The molecule has 0 fully saturated rings. The molecule has 3 aromatic rings. The summed E-state index contributed by atoms with van der Waals surface area (Å²) in [7, 11) is 0. The van der Waals surface area contributed by atoms with Gasteiger partial charge in [0.05, 0.1) is 6.04 Å². The molecule has 0 aromatic carbocycles. The lowest BCUT2D eigenvalue weighted by Gasteiger charge is -2.24. The molecule has 1 N–H and O–H groups in total. The Morgan fingerprint density at radius 3 is 2.59 bits per heavy atom. The van der Waals surface area contributed by atoms with Crippen molar-refractivity contribution in [3.05, 3.63) is 54.7 Å². The Hall–Kier alpha value is -2.28. The summed E-state index contributed by atoms with van der Waals surface area (Å²) in [6.45, 7) is 4.30. The highest BCUT2D eigenvalue weighted by molar-refractivity contribution is 7.98. The van der Waals surface area contributed by atoms with Crippen LogP contribution in [0.15, 0.2) is 48.9 Å². The molecule has 144 valence electrons. The van der Waals surface area contributed by atoms with Crippen LogP contribution in [0.2, 0.25) is 0 Å². The zero-order chi connectivity index (χ0) is 19.2. The van der Waals surface area contributed by atoms with Crippen LogP contribution >= 0.6 is 11.8 Å². The first-order valence-electron chi connectivity index (χ1n) is 9.31. The smallest absolute Gasteiger partial charge is 0.243 e. The number of carbonyl (C=O) groups is 1. The lowest BCUT2D eigenvalue weighted by molar-refractivity contribution is -0.125. The first-order chi connectivity index (χ1) is 13.1. The third kappa shape index (κ3) is 4.71. The Labute approximate surface area is 164 Å². The Kier molecular flexibility index (Phi) is 6.55. The van der Waals surface area contributed by atoms with E-state index in [1.54, 1.807) is 11.8 Å². The number of aromatic nitrogens is 4. The van der Waals surface area contributed by atoms with Crippen LogP contribution in [0, 0.1) is 5.92 Å². The summed E-state index contributed by atoms with van der Waals surface area (Å²) in [6.07, 6.45) is 9.51. The number of hydrogen-bond acceptors (Lipinski definition) is 4. The fourth-order valence-corrected chi connectivity index (χ4v) is 3.73. The molecule has 2 atom stereocenters. The molecule has 6 nitrogen and oxygen atoms in total. The second-order valence-corrected chi connectivity index (χ2v) is 8.09. The zero-order valence-corrected chi connectivity index (χ0v) is 16.9. The highest BCUT2D eigenvalue weighted by Crippen LogP contribution is 2.23. The monoisotopic (exact) mass is 385 g/mol. The van der Waals surface area contributed by atoms with Crippen LogP contribution in [0.4, 0.5) is 0 Å². The van der Waals surface area contributed by atoms with Crippen molar-refractivity contribution in [3.63, 3.8) is 0 Å². The van der Waals surface area contributed by atoms with Gasteiger partial charge in [-0.1, -0.05) is 19.9 Å². The maximum absolute atomic E-state index is 13.2. The van der Waals surface area contributed by atoms with Gasteiger partial charge >= 0.3 is 0 Å². The number of thioether (sulfide) groups is 1. The molecule has 3 rings (SSSR count). The molecule has 0 bridgehead atoms. The molecule has 3 heterocycles. The van der Waals surface area contributed by atoms with Crippen molar-refractivity contribution < 1.29 is 4.79 Å². The van der Waals surface area contributed by atoms with Gasteiger partial charge in [0.1, 0.15) is 6.04 Å². The van der Waals surface area contributed by atoms with Gasteiger partial charge in [-0.15, -0.1) is 10.2 Å². The van der Waals surface area contributed by atoms with Crippen LogP contribution in [0.25, 0.3) is 5.65 Å². The summed E-state index contributed by atoms with van der Waals surface area (Å²) in [5.74, 6) is 2.16. The molecule has 0 saturated heterocycles. The molecule has 7 heteroatoms. The van der Waals surface area contributed by atoms with Crippen LogP contribution in [0.3, 0.4) is 0 Å². The Morgan fingerprint density at radius 2 is 1.89 bits per heavy atom. The standard InChI is InChI=1S/C20H27N5OS/c1-15(2)14-16(19-23-22-18-8-4-5-12-25(18)19)21-20(26)17(9-13-27-3)24-10-6-7-11-24/h4-8,10-12,15-17H,9,13-14H2,1-3H3,(H,21,26)/t16-,17+/m0/s1. The van der Waals surface area contributed by atoms with Crippen molar-refractivity contribution in [3.8, 4) is 0 Å². The molecule has 0 aliphatic rings. The predicted molar refractivity (Wildman–Crippen MR) is 110 cm³/mol. The normalized spacial score (nSPS) is 13.8. The molecule has 3 aromatic heterocycles. The molecule has 0 saturated carbocycles. The quantitative estimate of drug-likeness (QED) is 0.610. The van der Waals surface area contributed by atoms with Gasteiger partial charge in [-0.25, -0.2) is 0 Å². The van der Waals surface area contributed by atoms with Gasteiger partial charge in [0.15, 0.2) is 11.5 Å². The number of rotatable bonds is 9. The van der Waals surface area contributed by atoms with Gasteiger partial charge in [0.2, 0.25) is 5.91 Å². The zero-order valence-electron chi connectivity index (χ0n) is 16.1. The van der Waals surface area contributed by atoms with E-state index in [0.29, 0.717) is 5.92 Å². The average molecular weight is 386 g/mol. The van der Waals surface area contributed by atoms with E-state index in [1.807, 2.05) is 57.9 Å². The molecule has 0 aliphatic carbocycles. The van der Waals surface area contributed by atoms with E-state index in [4.69, 9.17) is 0 Å². The molecule has 27 heavy (non-hydrogen) atoms. The van der Waals surface area contributed by atoms with Crippen molar-refractivity contribution in [1.29, 1.82) is 0 Å². The molecule has 0 spiro atoms. The van der Waals surface area contributed by atoms with Crippen LogP contribution in [-0.2, 0) is 4.79 Å². The number of hydrogen-bond donors (Lipinski definition) is 1. The first-order valence-corrected chi connectivity index (χ1v) is 10.7. The number of pyridine rings is 1. The Balaban J connectivity index is 1.85. The van der Waals surface area contributed by atoms with Crippen molar-refractivity contribution in [2.75, 3.05) is 12.0 Å². The second kappa shape index (κ2) is 9.08. The summed E-state index contributed by atoms with van der Waals surface area (Å²) in [5, 5.41) is 11.9. The summed E-state index contributed by atoms with van der Waals surface area (Å²) in [6, 6.07) is 9.33. The maximum Gasteiger partial charge on any atom is 0.243 e. The van der Waals surface area contributed by atoms with Crippen molar-refractivity contribution >= 4 is 23.3 Å². The Morgan fingerprint density at radius 1 is 1.15 bits per heavy atom. The average Bonchev–Trinajstić information content (AvgIpc) is 3.31. The van der Waals surface area contributed by atoms with Crippen LogP contribution in [0.5, 0.6) is 0 Å². The van der Waals surface area contributed by atoms with Crippen LogP contribution in [0.1, 0.15) is 44.6 Å². The van der Waals surface area contributed by atoms with Gasteiger partial charge in [-0.3, -0.25) is 9.20 Å². The third-order valence-corrected chi connectivity index (χ3v) is 5.20. The summed E-state index contributed by atoms with van der Waals surface area (Å²) < 4.78 is 3.94. The van der Waals surface area contributed by atoms with E-state index >= 15 is 0 Å². The maximum atomic E-state index is 13.2. The number of nitrogens with zero attached hydrogens (tertiary/aromatic N) is 4. The number of fused-ring (bicyclic) bond motifs is 1. The molecular weight excluding hydrogens is 358 g/mol. The van der Waals surface area contributed by atoms with Crippen LogP contribution in [-0.4, -0.2) is 37.1 Å². The SMILES string of the molecule is CSCC[C@H](C(=O)N[C@@H](CC(C)C)c1nnc2ccccn12)n1cccc1. The van der Waals surface area contributed by atoms with Crippen LogP contribution < -0.4 is 5.32 Å². The molecule has 1 amide bonds. The summed E-state index contributed by atoms with van der Waals surface area (Å²) in [4.78, 5) is 13.2. The largest absolute Gasteiger partial charge is 0.344 e. The fourth-order valence-electron chi connectivity index (χ4n) is 3.27. The highest BCUT2D eigenvalue weighted by atomic mass is 32.2. The fraction of sp³-hybridized carbons (Fsp3) is 0.450. The molecular formula is C20H27N5OS. The number of amides is 1.